The van der Waals surface area contributed by atoms with E-state index >= 15 is 0 Å². The molecule has 28 heavy (non-hydrogen) atoms. The molecule has 3 amide bonds. The number of benzene rings is 1. The van der Waals surface area contributed by atoms with Gasteiger partial charge in [-0.05, 0) is 44.9 Å². The molecule has 1 aliphatic heterocycles. The van der Waals surface area contributed by atoms with E-state index in [0.29, 0.717) is 24.5 Å². The number of imide groups is 1. The Balaban J connectivity index is 2.10. The van der Waals surface area contributed by atoms with Crippen LogP contribution in [-0.2, 0) is 14.8 Å². The van der Waals surface area contributed by atoms with E-state index in [1.54, 1.807) is 19.9 Å². The van der Waals surface area contributed by atoms with Crippen molar-refractivity contribution in [1.29, 1.82) is 0 Å². The molecule has 1 aromatic carbocycles. The maximum absolute atomic E-state index is 12.9. The summed E-state index contributed by atoms with van der Waals surface area (Å²) in [5, 5.41) is 7.59. The smallest absolute Gasteiger partial charge is 0.321 e. The Morgan fingerprint density at radius 2 is 1.86 bits per heavy atom. The number of ether oxygens (including phenoxy) is 1. The summed E-state index contributed by atoms with van der Waals surface area (Å²) in [4.78, 5) is 23.6. The van der Waals surface area contributed by atoms with Gasteiger partial charge in [0.05, 0.1) is 24.2 Å². The van der Waals surface area contributed by atoms with Gasteiger partial charge in [-0.2, -0.15) is 4.31 Å². The van der Waals surface area contributed by atoms with E-state index in [0.717, 1.165) is 19.3 Å². The van der Waals surface area contributed by atoms with Crippen molar-refractivity contribution in [2.45, 2.75) is 44.0 Å². The van der Waals surface area contributed by atoms with Gasteiger partial charge in [0.25, 0.3) is 0 Å². The molecule has 3 N–H and O–H groups in total. The average molecular weight is 413 g/mol. The van der Waals surface area contributed by atoms with Gasteiger partial charge in [0.2, 0.25) is 15.9 Å². The first-order valence-electron chi connectivity index (χ1n) is 9.26. The van der Waals surface area contributed by atoms with Crippen LogP contribution in [0.5, 0.6) is 5.75 Å². The predicted octanol–water partition coefficient (Wildman–Crippen LogP) is 1.52. The van der Waals surface area contributed by atoms with Gasteiger partial charge in [-0.1, -0.05) is 6.42 Å². The lowest BCUT2D eigenvalue weighted by molar-refractivity contribution is -0.118. The molecule has 0 spiro atoms. The highest BCUT2D eigenvalue weighted by molar-refractivity contribution is 7.89. The minimum atomic E-state index is -3.61. The van der Waals surface area contributed by atoms with E-state index < -0.39 is 22.0 Å². The Morgan fingerprint density at radius 1 is 1.18 bits per heavy atom. The number of nitrogens with one attached hydrogen (secondary N) is 3. The number of nitrogens with zero attached hydrogens (tertiary/aromatic N) is 1. The van der Waals surface area contributed by atoms with Gasteiger partial charge in [-0.3, -0.25) is 10.1 Å². The van der Waals surface area contributed by atoms with Crippen LogP contribution in [0, 0.1) is 0 Å². The second-order valence-electron chi connectivity index (χ2n) is 6.86. The molecule has 0 unspecified atom stereocenters. The number of hydrogen-bond acceptors (Lipinski definition) is 6. The molecule has 2 rings (SSSR count). The third-order valence-electron chi connectivity index (χ3n) is 4.24. The van der Waals surface area contributed by atoms with E-state index in [1.165, 1.54) is 23.5 Å². The van der Waals surface area contributed by atoms with Gasteiger partial charge in [0.1, 0.15) is 5.75 Å². The monoisotopic (exact) mass is 412 g/mol. The molecule has 0 bridgehead atoms. The lowest BCUT2D eigenvalue weighted by atomic mass is 10.2. The number of methoxy groups -OCH3 is 1. The van der Waals surface area contributed by atoms with E-state index in [9.17, 15) is 18.0 Å². The molecule has 0 saturated carbocycles. The fourth-order valence-electron chi connectivity index (χ4n) is 2.88. The van der Waals surface area contributed by atoms with E-state index in [-0.39, 0.29) is 17.5 Å². The molecule has 1 aromatic rings. The summed E-state index contributed by atoms with van der Waals surface area (Å²) in [6, 6.07) is 3.80. The van der Waals surface area contributed by atoms with Crippen LogP contribution in [0.3, 0.4) is 0 Å². The van der Waals surface area contributed by atoms with Crippen molar-refractivity contribution < 1.29 is 22.7 Å². The number of sulfonamides is 1. The maximum atomic E-state index is 12.9. The van der Waals surface area contributed by atoms with Crippen LogP contribution >= 0.6 is 0 Å². The van der Waals surface area contributed by atoms with Crippen molar-refractivity contribution in [2.75, 3.05) is 32.1 Å². The Bertz CT molecular complexity index is 804. The van der Waals surface area contributed by atoms with Crippen LogP contribution in [0.2, 0.25) is 0 Å². The first kappa shape index (κ1) is 22.0. The van der Waals surface area contributed by atoms with Crippen LogP contribution in [0.4, 0.5) is 10.5 Å². The second-order valence-corrected chi connectivity index (χ2v) is 8.79. The zero-order valence-corrected chi connectivity index (χ0v) is 17.3. The molecule has 156 valence electrons. The molecule has 0 aliphatic carbocycles. The molecule has 0 aromatic heterocycles. The summed E-state index contributed by atoms with van der Waals surface area (Å²) >= 11 is 0. The summed E-state index contributed by atoms with van der Waals surface area (Å²) in [5.41, 5.74) is 0.361. The molecule has 9 nitrogen and oxygen atoms in total. The molecular formula is C18H28N4O5S. The second kappa shape index (κ2) is 9.74. The number of hydrogen-bond donors (Lipinski definition) is 3. The standard InChI is InChI=1S/C18H28N4O5S/c1-13(2)20-18(24)21-17(23)12-19-15-11-14(7-8-16(15)27-3)28(25,26)22-9-5-4-6-10-22/h7-8,11,13,19H,4-6,9-10,12H2,1-3H3,(H2,20,21,23,24). The molecule has 1 fully saturated rings. The molecule has 1 aliphatic rings. The van der Waals surface area contributed by atoms with Crippen molar-refractivity contribution in [3.05, 3.63) is 18.2 Å². The summed E-state index contributed by atoms with van der Waals surface area (Å²) < 4.78 is 32.4. The van der Waals surface area contributed by atoms with Crippen LogP contribution in [0.1, 0.15) is 33.1 Å². The first-order valence-corrected chi connectivity index (χ1v) is 10.7. The fourth-order valence-corrected chi connectivity index (χ4v) is 4.43. The largest absolute Gasteiger partial charge is 0.495 e. The van der Waals surface area contributed by atoms with Crippen molar-refractivity contribution in [2.24, 2.45) is 0 Å². The lowest BCUT2D eigenvalue weighted by Gasteiger charge is -2.26. The quantitative estimate of drug-likeness (QED) is 0.625. The van der Waals surface area contributed by atoms with Crippen molar-refractivity contribution in [3.63, 3.8) is 0 Å². The van der Waals surface area contributed by atoms with Crippen LogP contribution in [-0.4, -0.2) is 57.4 Å². The van der Waals surface area contributed by atoms with Gasteiger partial charge >= 0.3 is 6.03 Å². The molecule has 0 atom stereocenters. The van der Waals surface area contributed by atoms with Crippen molar-refractivity contribution in [1.82, 2.24) is 14.9 Å². The topological polar surface area (TPSA) is 117 Å². The zero-order valence-electron chi connectivity index (χ0n) is 16.4. The Hall–Kier alpha value is -2.33. The molecule has 10 heteroatoms. The fraction of sp³-hybridized carbons (Fsp3) is 0.556. The molecular weight excluding hydrogens is 384 g/mol. The Labute approximate surface area is 165 Å². The van der Waals surface area contributed by atoms with E-state index in [1.807, 2.05) is 0 Å². The van der Waals surface area contributed by atoms with Crippen LogP contribution in [0.15, 0.2) is 23.1 Å². The summed E-state index contributed by atoms with van der Waals surface area (Å²) in [5.74, 6) is -0.151. The number of amides is 3. The third-order valence-corrected chi connectivity index (χ3v) is 6.13. The van der Waals surface area contributed by atoms with Gasteiger partial charge < -0.3 is 15.4 Å². The van der Waals surface area contributed by atoms with Gasteiger partial charge in [-0.25, -0.2) is 13.2 Å². The highest BCUT2D eigenvalue weighted by atomic mass is 32.2. The lowest BCUT2D eigenvalue weighted by Crippen LogP contribution is -2.44. The minimum absolute atomic E-state index is 0.0995. The number of carbonyl (C=O) groups excluding carboxylic acids is 2. The average Bonchev–Trinajstić information content (AvgIpc) is 2.66. The minimum Gasteiger partial charge on any atom is -0.495 e. The van der Waals surface area contributed by atoms with E-state index in [4.69, 9.17) is 4.74 Å². The van der Waals surface area contributed by atoms with Crippen LogP contribution in [0.25, 0.3) is 0 Å². The van der Waals surface area contributed by atoms with Crippen LogP contribution < -0.4 is 20.7 Å². The number of rotatable bonds is 7. The van der Waals surface area contributed by atoms with Gasteiger partial charge in [0.15, 0.2) is 0 Å². The normalized spacial score (nSPS) is 15.1. The van der Waals surface area contributed by atoms with E-state index in [2.05, 4.69) is 16.0 Å². The van der Waals surface area contributed by atoms with Gasteiger partial charge in [0, 0.05) is 19.1 Å². The van der Waals surface area contributed by atoms with Gasteiger partial charge in [-0.15, -0.1) is 0 Å². The maximum Gasteiger partial charge on any atom is 0.321 e. The molecule has 1 saturated heterocycles. The highest BCUT2D eigenvalue weighted by Crippen LogP contribution is 2.29. The Kier molecular flexibility index (Phi) is 7.64. The highest BCUT2D eigenvalue weighted by Gasteiger charge is 2.26. The summed E-state index contributed by atoms with van der Waals surface area (Å²) in [6.07, 6.45) is 2.72. The van der Waals surface area contributed by atoms with Crippen molar-refractivity contribution in [3.8, 4) is 5.75 Å². The summed E-state index contributed by atoms with van der Waals surface area (Å²) in [6.45, 7) is 4.35. The molecule has 0 radical (unpaired) electrons. The number of piperidine rings is 1. The predicted molar refractivity (Wildman–Crippen MR) is 106 cm³/mol. The number of urea groups is 1. The third kappa shape index (κ3) is 5.83. The zero-order chi connectivity index (χ0) is 20.7. The Morgan fingerprint density at radius 3 is 2.46 bits per heavy atom. The van der Waals surface area contributed by atoms with Crippen molar-refractivity contribution >= 4 is 27.6 Å². The first-order chi connectivity index (χ1) is 13.2. The molecule has 1 heterocycles. The number of anilines is 1. The summed E-state index contributed by atoms with van der Waals surface area (Å²) in [7, 11) is -2.15. The number of carbonyl (C=O) groups is 2. The SMILES string of the molecule is COc1ccc(S(=O)(=O)N2CCCCC2)cc1NCC(=O)NC(=O)NC(C)C.